The quantitative estimate of drug-likeness (QED) is 0.181. The fraction of sp³-hybridized carbons (Fsp3) is 0.696. The van der Waals surface area contributed by atoms with Crippen LogP contribution in [-0.2, 0) is 28.9 Å². The summed E-state index contributed by atoms with van der Waals surface area (Å²) in [7, 11) is -5.18. The van der Waals surface area contributed by atoms with E-state index in [0.29, 0.717) is 12.8 Å². The van der Waals surface area contributed by atoms with E-state index in [-0.39, 0.29) is 46.8 Å². The van der Waals surface area contributed by atoms with Gasteiger partial charge in [0.1, 0.15) is 28.6 Å². The van der Waals surface area contributed by atoms with Crippen molar-refractivity contribution in [3.05, 3.63) is 12.7 Å². The average molecular weight is 615 g/mol. The largest absolute Gasteiger partial charge is 0.746 e. The van der Waals surface area contributed by atoms with Crippen molar-refractivity contribution in [3.8, 4) is 0 Å². The number of phosphoric acid groups is 1. The number of phosphoric ester groups is 1. The molecule has 18 heteroatoms. The second-order valence-electron chi connectivity index (χ2n) is 11.2. The van der Waals surface area contributed by atoms with Crippen molar-refractivity contribution in [1.82, 2.24) is 30.2 Å². The Bertz CT molecular complexity index is 1420. The van der Waals surface area contributed by atoms with Gasteiger partial charge in [-0.3, -0.25) is 13.9 Å². The fourth-order valence-electron chi connectivity index (χ4n) is 5.71. The Kier molecular flexibility index (Phi) is 7.33. The van der Waals surface area contributed by atoms with Gasteiger partial charge in [-0.2, -0.15) is 11.8 Å². The third-order valence-electron chi connectivity index (χ3n) is 8.65. The first-order valence-corrected chi connectivity index (χ1v) is 15.5. The summed E-state index contributed by atoms with van der Waals surface area (Å²) in [6, 6.07) is -0.213. The maximum absolute atomic E-state index is 12.6. The Morgan fingerprint density at radius 1 is 1.27 bits per heavy atom. The molecule has 8 atom stereocenters. The van der Waals surface area contributed by atoms with Crippen LogP contribution in [0.3, 0.4) is 0 Å². The number of hydrogen-bond acceptors (Lipinski definition) is 14. The summed E-state index contributed by atoms with van der Waals surface area (Å²) < 4.78 is 29.8. The molecule has 0 spiro atoms. The van der Waals surface area contributed by atoms with Crippen molar-refractivity contribution in [3.63, 3.8) is 0 Å². The Labute approximate surface area is 239 Å². The van der Waals surface area contributed by atoms with Gasteiger partial charge >= 0.3 is 19.8 Å². The molecule has 41 heavy (non-hydrogen) atoms. The van der Waals surface area contributed by atoms with Gasteiger partial charge in [-0.1, -0.05) is 0 Å². The Hall–Kier alpha value is -2.53. The monoisotopic (exact) mass is 614 g/mol. The van der Waals surface area contributed by atoms with Crippen molar-refractivity contribution < 1.29 is 43.0 Å². The van der Waals surface area contributed by atoms with Crippen LogP contribution in [0.1, 0.15) is 47.0 Å². The summed E-state index contributed by atoms with van der Waals surface area (Å²) in [5.74, 6) is -0.146. The molecule has 5 rings (SSSR count). The molecule has 0 bridgehead atoms. The molecule has 2 amide bonds. The third-order valence-corrected chi connectivity index (χ3v) is 11.0. The standard InChI is InChI=1S/C23H34N7O9PS/c1-20(9-37-40(35,36)38-14(31)7-5-6-13-15-12(8-41-13)28-19(32)29-15)21(2,33)22(3,34)23(4,39-20)30-11-27-16-17(24)25-10-26-18(16)30/h10-13,15,33-34H,5-9H2,1-4H3,(H,35,36)(H2,24,25,26)(H2,28,29,32)/p-1/t12?,13?,15?,20-,21+,22?,23-/m1/s1. The molecule has 0 radical (unpaired) electrons. The number of nitrogens with two attached hydrogens (primary N) is 1. The number of fused-ring (bicyclic) bond motifs is 2. The number of aromatic nitrogens is 4. The Morgan fingerprint density at radius 2 is 2.00 bits per heavy atom. The van der Waals surface area contributed by atoms with E-state index in [4.69, 9.17) is 15.0 Å². The number of amides is 2. The minimum Gasteiger partial charge on any atom is -0.746 e. The number of carbonyl (C=O) groups is 2. The molecule has 2 aromatic rings. The highest BCUT2D eigenvalue weighted by Crippen LogP contribution is 2.56. The highest BCUT2D eigenvalue weighted by atomic mass is 32.2. The number of carbonyl (C=O) groups excluding carboxylic acids is 2. The molecule has 0 saturated carbocycles. The number of ether oxygens (including phenoxy) is 1. The van der Waals surface area contributed by atoms with E-state index >= 15 is 0 Å². The predicted octanol–water partition coefficient (Wildman–Crippen LogP) is -0.264. The van der Waals surface area contributed by atoms with E-state index in [1.54, 1.807) is 11.8 Å². The van der Waals surface area contributed by atoms with E-state index in [1.165, 1.54) is 44.9 Å². The number of aliphatic hydroxyl groups is 2. The smallest absolute Gasteiger partial charge is 0.322 e. The summed E-state index contributed by atoms with van der Waals surface area (Å²) in [6.45, 7) is 4.64. The molecular formula is C23H33N7O9PS-. The molecule has 16 nitrogen and oxygen atoms in total. The van der Waals surface area contributed by atoms with E-state index in [9.17, 15) is 29.3 Å². The molecule has 6 N–H and O–H groups in total. The number of urea groups is 1. The average Bonchev–Trinajstić information content (AvgIpc) is 3.59. The number of nitrogen functional groups attached to an aromatic ring is 1. The first kappa shape index (κ1) is 29.9. The summed E-state index contributed by atoms with van der Waals surface area (Å²) >= 11 is 1.68. The van der Waals surface area contributed by atoms with Gasteiger partial charge in [0.15, 0.2) is 17.2 Å². The van der Waals surface area contributed by atoms with Crippen LogP contribution in [0.2, 0.25) is 0 Å². The second kappa shape index (κ2) is 10.0. The molecule has 5 heterocycles. The van der Waals surface area contributed by atoms with Gasteiger partial charge in [-0.25, -0.2) is 19.7 Å². The number of hydrogen-bond donors (Lipinski definition) is 5. The number of rotatable bonds is 9. The molecule has 0 aromatic carbocycles. The van der Waals surface area contributed by atoms with Crippen molar-refractivity contribution in [2.24, 2.45) is 0 Å². The van der Waals surface area contributed by atoms with E-state index in [1.807, 2.05) is 0 Å². The van der Waals surface area contributed by atoms with Crippen LogP contribution < -0.4 is 21.3 Å². The summed E-state index contributed by atoms with van der Waals surface area (Å²) in [6.07, 6.45) is 3.27. The SMILES string of the molecule is CC1(O)[C@](C)(n2cnc3c(N)ncnc32)O[C@](C)(COP(=O)([O-])OC(=O)CCCC2SCC3NC(=O)NC32)[C@]1(C)O. The first-order valence-electron chi connectivity index (χ1n) is 13.0. The number of anilines is 1. The zero-order valence-electron chi connectivity index (χ0n) is 22.9. The van der Waals surface area contributed by atoms with Crippen LogP contribution >= 0.6 is 19.6 Å². The number of imidazole rings is 1. The van der Waals surface area contributed by atoms with Crippen molar-refractivity contribution >= 4 is 48.6 Å². The summed E-state index contributed by atoms with van der Waals surface area (Å²) in [5.41, 5.74) is -1.39. The second-order valence-corrected chi connectivity index (χ2v) is 13.8. The molecule has 0 aliphatic carbocycles. The van der Waals surface area contributed by atoms with Crippen LogP contribution in [0.25, 0.3) is 11.2 Å². The Balaban J connectivity index is 1.22. The van der Waals surface area contributed by atoms with Gasteiger partial charge in [-0.05, 0) is 40.5 Å². The highest BCUT2D eigenvalue weighted by Gasteiger charge is 2.73. The van der Waals surface area contributed by atoms with E-state index in [2.05, 4.69) is 30.1 Å². The zero-order chi connectivity index (χ0) is 30.0. The number of thioether (sulfide) groups is 1. The van der Waals surface area contributed by atoms with Gasteiger partial charge in [0.05, 0.1) is 25.0 Å². The van der Waals surface area contributed by atoms with E-state index < -0.39 is 42.9 Å². The first-order chi connectivity index (χ1) is 19.0. The number of nitrogens with one attached hydrogen (secondary N) is 2. The van der Waals surface area contributed by atoms with Crippen molar-refractivity contribution in [1.29, 1.82) is 0 Å². The molecule has 3 aliphatic rings. The Morgan fingerprint density at radius 3 is 2.73 bits per heavy atom. The van der Waals surface area contributed by atoms with Gasteiger partial charge < -0.3 is 45.3 Å². The molecule has 2 aromatic heterocycles. The minimum atomic E-state index is -5.18. The molecule has 3 saturated heterocycles. The van der Waals surface area contributed by atoms with Crippen molar-refractivity contribution in [2.45, 2.75) is 86.8 Å². The maximum Gasteiger partial charge on any atom is 0.322 e. The van der Waals surface area contributed by atoms with Gasteiger partial charge in [-0.15, -0.1) is 0 Å². The van der Waals surface area contributed by atoms with Crippen LogP contribution in [0.4, 0.5) is 10.6 Å². The van der Waals surface area contributed by atoms with Gasteiger partial charge in [0.25, 0.3) is 0 Å². The summed E-state index contributed by atoms with van der Waals surface area (Å²) in [4.78, 5) is 48.7. The molecule has 3 fully saturated rings. The fourth-order valence-corrected chi connectivity index (χ4v) is 8.05. The lowest BCUT2D eigenvalue weighted by molar-refractivity contribution is -0.236. The van der Waals surface area contributed by atoms with Gasteiger partial charge in [0, 0.05) is 17.4 Å². The maximum atomic E-state index is 12.6. The number of nitrogens with zero attached hydrogens (tertiary/aromatic N) is 4. The predicted molar refractivity (Wildman–Crippen MR) is 143 cm³/mol. The lowest BCUT2D eigenvalue weighted by Crippen LogP contribution is -2.63. The van der Waals surface area contributed by atoms with Crippen LogP contribution in [-0.4, -0.2) is 88.2 Å². The normalized spacial score (nSPS) is 37.9. The topological polar surface area (TPSA) is 236 Å². The van der Waals surface area contributed by atoms with Crippen LogP contribution in [0.15, 0.2) is 12.7 Å². The zero-order valence-corrected chi connectivity index (χ0v) is 24.6. The van der Waals surface area contributed by atoms with E-state index in [0.717, 1.165) is 5.75 Å². The van der Waals surface area contributed by atoms with Crippen molar-refractivity contribution in [2.75, 3.05) is 18.1 Å². The highest BCUT2D eigenvalue weighted by molar-refractivity contribution is 8.00. The molecule has 226 valence electrons. The lowest BCUT2D eigenvalue weighted by Gasteiger charge is -2.42. The van der Waals surface area contributed by atoms with Gasteiger partial charge in [0.2, 0.25) is 0 Å². The minimum absolute atomic E-state index is 0.0366. The van der Waals surface area contributed by atoms with Crippen LogP contribution in [0, 0.1) is 0 Å². The molecule has 3 aliphatic heterocycles. The lowest BCUT2D eigenvalue weighted by atomic mass is 9.73. The van der Waals surface area contributed by atoms with Crippen LogP contribution in [0.5, 0.6) is 0 Å². The molecular weight excluding hydrogens is 581 g/mol. The molecule has 5 unspecified atom stereocenters. The third kappa shape index (κ3) is 4.86. The summed E-state index contributed by atoms with van der Waals surface area (Å²) in [5, 5.41) is 28.9.